The van der Waals surface area contributed by atoms with Gasteiger partial charge >= 0.3 is 0 Å². The molecular weight excluding hydrogens is 368 g/mol. The summed E-state index contributed by atoms with van der Waals surface area (Å²) in [5.74, 6) is 2.27. The maximum absolute atomic E-state index is 12.0. The number of ether oxygens (including phenoxy) is 2. The first-order valence-corrected chi connectivity index (χ1v) is 10.5. The van der Waals surface area contributed by atoms with Crippen molar-refractivity contribution in [3.63, 3.8) is 0 Å². The monoisotopic (exact) mass is 404 g/mol. The van der Waals surface area contributed by atoms with Crippen LogP contribution in [0.4, 0.5) is 0 Å². The molecule has 162 valence electrons. The zero-order valence-corrected chi connectivity index (χ0v) is 18.1. The minimum absolute atomic E-state index is 0.152. The SMILES string of the molecule is CN=C(NCCNC(=O)CC1CCCC1)NCc1ccc(C)cc1OCCOC. The van der Waals surface area contributed by atoms with E-state index in [2.05, 4.69) is 33.1 Å². The highest BCUT2D eigenvalue weighted by Crippen LogP contribution is 2.27. The van der Waals surface area contributed by atoms with Crippen LogP contribution in [-0.2, 0) is 16.1 Å². The van der Waals surface area contributed by atoms with Crippen molar-refractivity contribution >= 4 is 11.9 Å². The molecule has 0 saturated heterocycles. The third-order valence-corrected chi connectivity index (χ3v) is 5.13. The molecule has 7 nitrogen and oxygen atoms in total. The predicted molar refractivity (Wildman–Crippen MR) is 116 cm³/mol. The van der Waals surface area contributed by atoms with Gasteiger partial charge in [0.2, 0.25) is 5.91 Å². The van der Waals surface area contributed by atoms with Gasteiger partial charge in [-0.2, -0.15) is 0 Å². The van der Waals surface area contributed by atoms with Crippen LogP contribution in [0.3, 0.4) is 0 Å². The van der Waals surface area contributed by atoms with Crippen LogP contribution < -0.4 is 20.7 Å². The van der Waals surface area contributed by atoms with Crippen LogP contribution >= 0.6 is 0 Å². The second kappa shape index (κ2) is 13.0. The Bertz CT molecular complexity index is 657. The van der Waals surface area contributed by atoms with Crippen LogP contribution in [0.25, 0.3) is 0 Å². The predicted octanol–water partition coefficient (Wildman–Crippen LogP) is 2.38. The fourth-order valence-electron chi connectivity index (χ4n) is 3.51. The van der Waals surface area contributed by atoms with Crippen molar-refractivity contribution in [2.45, 2.75) is 45.6 Å². The smallest absolute Gasteiger partial charge is 0.220 e. The summed E-state index contributed by atoms with van der Waals surface area (Å²) in [6.07, 6.45) is 5.58. The fraction of sp³-hybridized carbons (Fsp3) is 0.636. The summed E-state index contributed by atoms with van der Waals surface area (Å²) in [5, 5.41) is 9.52. The number of nitrogens with zero attached hydrogens (tertiary/aromatic N) is 1. The number of carbonyl (C=O) groups is 1. The highest BCUT2D eigenvalue weighted by atomic mass is 16.5. The lowest BCUT2D eigenvalue weighted by Crippen LogP contribution is -2.41. The molecule has 29 heavy (non-hydrogen) atoms. The molecule has 0 spiro atoms. The molecule has 7 heteroatoms. The molecule has 0 aliphatic heterocycles. The fourth-order valence-corrected chi connectivity index (χ4v) is 3.51. The van der Waals surface area contributed by atoms with Gasteiger partial charge in [0.15, 0.2) is 5.96 Å². The Kier molecular flexibility index (Phi) is 10.3. The maximum atomic E-state index is 12.0. The Morgan fingerprint density at radius 3 is 2.62 bits per heavy atom. The second-order valence-electron chi connectivity index (χ2n) is 7.51. The van der Waals surface area contributed by atoms with Crippen molar-refractivity contribution in [1.29, 1.82) is 0 Å². The Labute approximate surface area is 174 Å². The standard InChI is InChI=1S/C22H36N4O3/c1-17-8-9-19(20(14-17)29-13-12-28-3)16-26-22(23-2)25-11-10-24-21(27)15-18-6-4-5-7-18/h8-9,14,18H,4-7,10-13,15-16H2,1-3H3,(H,24,27)(H2,23,25,26). The number of hydrogen-bond acceptors (Lipinski definition) is 4. The highest BCUT2D eigenvalue weighted by molar-refractivity contribution is 5.80. The number of guanidine groups is 1. The minimum Gasteiger partial charge on any atom is -0.491 e. The summed E-state index contributed by atoms with van der Waals surface area (Å²) in [5.41, 5.74) is 2.21. The first kappa shape index (κ1) is 23.0. The number of benzene rings is 1. The molecule has 1 fully saturated rings. The third-order valence-electron chi connectivity index (χ3n) is 5.13. The maximum Gasteiger partial charge on any atom is 0.220 e. The van der Waals surface area contributed by atoms with Crippen LogP contribution in [0.1, 0.15) is 43.2 Å². The second-order valence-corrected chi connectivity index (χ2v) is 7.51. The number of rotatable bonds is 11. The lowest BCUT2D eigenvalue weighted by Gasteiger charge is -2.16. The van der Waals surface area contributed by atoms with Crippen molar-refractivity contribution in [1.82, 2.24) is 16.0 Å². The van der Waals surface area contributed by atoms with Crippen molar-refractivity contribution in [3.8, 4) is 5.75 Å². The van der Waals surface area contributed by atoms with Crippen LogP contribution in [0.15, 0.2) is 23.2 Å². The molecule has 1 saturated carbocycles. The average Bonchev–Trinajstić information content (AvgIpc) is 3.21. The molecule has 2 rings (SSSR count). The normalized spacial score (nSPS) is 14.7. The molecule has 0 bridgehead atoms. The van der Waals surface area contributed by atoms with Gasteiger partial charge in [-0.05, 0) is 37.3 Å². The lowest BCUT2D eigenvalue weighted by atomic mass is 10.0. The molecule has 1 aliphatic carbocycles. The molecule has 1 aliphatic rings. The average molecular weight is 405 g/mol. The molecule has 0 aromatic heterocycles. The summed E-state index contributed by atoms with van der Waals surface area (Å²) in [4.78, 5) is 16.2. The van der Waals surface area contributed by atoms with E-state index < -0.39 is 0 Å². The molecular formula is C22H36N4O3. The zero-order chi connectivity index (χ0) is 20.9. The Balaban J connectivity index is 1.71. The lowest BCUT2D eigenvalue weighted by molar-refractivity contribution is -0.121. The van der Waals surface area contributed by atoms with E-state index in [-0.39, 0.29) is 5.91 Å². The van der Waals surface area contributed by atoms with Crippen molar-refractivity contribution in [3.05, 3.63) is 29.3 Å². The van der Waals surface area contributed by atoms with Gasteiger partial charge in [0, 0.05) is 45.8 Å². The summed E-state index contributed by atoms with van der Waals surface area (Å²) >= 11 is 0. The van der Waals surface area contributed by atoms with E-state index in [0.29, 0.717) is 51.1 Å². The number of aliphatic imine (C=N–C) groups is 1. The van der Waals surface area contributed by atoms with Gasteiger partial charge < -0.3 is 25.4 Å². The Morgan fingerprint density at radius 2 is 1.90 bits per heavy atom. The molecule has 0 heterocycles. The summed E-state index contributed by atoms with van der Waals surface area (Å²) in [7, 11) is 3.40. The third kappa shape index (κ3) is 8.73. The van der Waals surface area contributed by atoms with Gasteiger partial charge in [0.05, 0.1) is 6.61 Å². The van der Waals surface area contributed by atoms with Gasteiger partial charge in [-0.1, -0.05) is 25.0 Å². The molecule has 1 amide bonds. The number of nitrogens with one attached hydrogen (secondary N) is 3. The number of carbonyl (C=O) groups excluding carboxylic acids is 1. The van der Waals surface area contributed by atoms with E-state index >= 15 is 0 Å². The van der Waals surface area contributed by atoms with Crippen LogP contribution in [0.2, 0.25) is 0 Å². The van der Waals surface area contributed by atoms with E-state index in [4.69, 9.17) is 9.47 Å². The highest BCUT2D eigenvalue weighted by Gasteiger charge is 2.17. The first-order valence-electron chi connectivity index (χ1n) is 10.5. The van der Waals surface area contributed by atoms with Crippen molar-refractivity contribution in [2.24, 2.45) is 10.9 Å². The number of aryl methyl sites for hydroxylation is 1. The largest absolute Gasteiger partial charge is 0.491 e. The van der Waals surface area contributed by atoms with E-state index in [1.807, 2.05) is 13.0 Å². The molecule has 0 radical (unpaired) electrons. The Morgan fingerprint density at radius 1 is 1.14 bits per heavy atom. The van der Waals surface area contributed by atoms with Crippen molar-refractivity contribution < 1.29 is 14.3 Å². The van der Waals surface area contributed by atoms with Crippen molar-refractivity contribution in [2.75, 3.05) is 40.5 Å². The van der Waals surface area contributed by atoms with Gasteiger partial charge in [0.1, 0.15) is 12.4 Å². The van der Waals surface area contributed by atoms with Gasteiger partial charge in [0.25, 0.3) is 0 Å². The van der Waals surface area contributed by atoms with E-state index in [1.165, 1.54) is 25.7 Å². The van der Waals surface area contributed by atoms with Crippen LogP contribution in [0.5, 0.6) is 5.75 Å². The molecule has 1 aromatic rings. The summed E-state index contributed by atoms with van der Waals surface area (Å²) in [6, 6.07) is 6.15. The molecule has 0 unspecified atom stereocenters. The summed E-state index contributed by atoms with van der Waals surface area (Å²) in [6.45, 7) is 4.92. The van der Waals surface area contributed by atoms with Crippen LogP contribution in [0, 0.1) is 12.8 Å². The number of methoxy groups -OCH3 is 1. The van der Waals surface area contributed by atoms with E-state index in [9.17, 15) is 4.79 Å². The van der Waals surface area contributed by atoms with E-state index in [0.717, 1.165) is 16.9 Å². The first-order chi connectivity index (χ1) is 14.1. The molecule has 1 aromatic carbocycles. The Hall–Kier alpha value is -2.28. The topological polar surface area (TPSA) is 84.0 Å². The quantitative estimate of drug-likeness (QED) is 0.300. The van der Waals surface area contributed by atoms with Gasteiger partial charge in [-0.25, -0.2) is 0 Å². The molecule has 0 atom stereocenters. The number of hydrogen-bond donors (Lipinski definition) is 3. The summed E-state index contributed by atoms with van der Waals surface area (Å²) < 4.78 is 10.9. The van der Waals surface area contributed by atoms with Gasteiger partial charge in [-0.15, -0.1) is 0 Å². The minimum atomic E-state index is 0.152. The zero-order valence-electron chi connectivity index (χ0n) is 18.1. The molecule has 3 N–H and O–H groups in total. The van der Waals surface area contributed by atoms with Crippen LogP contribution in [-0.4, -0.2) is 52.3 Å². The van der Waals surface area contributed by atoms with Gasteiger partial charge in [-0.3, -0.25) is 9.79 Å². The van der Waals surface area contributed by atoms with E-state index in [1.54, 1.807) is 14.2 Å². The number of amides is 1.